The molecule has 0 fully saturated rings. The summed E-state index contributed by atoms with van der Waals surface area (Å²) in [6, 6.07) is 24.7. The molecule has 2 aromatic heterocycles. The van der Waals surface area contributed by atoms with E-state index in [9.17, 15) is 14.4 Å². The first kappa shape index (κ1) is 32.5. The van der Waals surface area contributed by atoms with Crippen LogP contribution in [0.3, 0.4) is 0 Å². The summed E-state index contributed by atoms with van der Waals surface area (Å²) in [7, 11) is 0. The van der Waals surface area contributed by atoms with Crippen molar-refractivity contribution < 1.29 is 14.4 Å². The number of halogens is 2. The Bertz CT molecular complexity index is 1840. The molecule has 0 bridgehead atoms. The molecular weight excluding hydrogens is 667 g/mol. The molecule has 45 heavy (non-hydrogen) atoms. The first-order chi connectivity index (χ1) is 21.8. The van der Waals surface area contributed by atoms with E-state index >= 15 is 0 Å². The largest absolute Gasteiger partial charge is 0.321 e. The van der Waals surface area contributed by atoms with Crippen LogP contribution in [0.25, 0.3) is 16.6 Å². The molecular formula is C33H26Cl2N4O3S3. The topological polar surface area (TPSA) is 100 Å². The van der Waals surface area contributed by atoms with Crippen molar-refractivity contribution in [1.82, 2.24) is 10.3 Å². The molecule has 0 aliphatic carbocycles. The lowest BCUT2D eigenvalue weighted by atomic mass is 10.1. The molecule has 3 aromatic carbocycles. The zero-order valence-electron chi connectivity index (χ0n) is 23.8. The maximum absolute atomic E-state index is 13.5. The first-order valence-corrected chi connectivity index (χ1v) is 17.1. The fourth-order valence-electron chi connectivity index (χ4n) is 4.12. The number of carbonyl (C=O) groups is 3. The third-order valence-corrected chi connectivity index (χ3v) is 10.2. The Morgan fingerprint density at radius 1 is 0.933 bits per heavy atom. The third kappa shape index (κ3) is 8.62. The smallest absolute Gasteiger partial charge is 0.272 e. The Balaban J connectivity index is 1.30. The van der Waals surface area contributed by atoms with Gasteiger partial charge in [-0.2, -0.15) is 0 Å². The van der Waals surface area contributed by atoms with Crippen LogP contribution in [0, 0.1) is 0 Å². The van der Waals surface area contributed by atoms with Gasteiger partial charge in [-0.05, 0) is 65.9 Å². The number of nitrogens with one attached hydrogen (secondary N) is 3. The highest BCUT2D eigenvalue weighted by Gasteiger charge is 2.21. The van der Waals surface area contributed by atoms with Crippen molar-refractivity contribution in [1.29, 1.82) is 0 Å². The van der Waals surface area contributed by atoms with E-state index in [0.29, 0.717) is 33.4 Å². The van der Waals surface area contributed by atoms with E-state index in [1.54, 1.807) is 78.1 Å². The van der Waals surface area contributed by atoms with E-state index in [1.807, 2.05) is 35.9 Å². The minimum Gasteiger partial charge on any atom is -0.321 e. The van der Waals surface area contributed by atoms with Crippen molar-refractivity contribution in [2.75, 3.05) is 10.6 Å². The number of nitrogens with zero attached hydrogens (tertiary/aromatic N) is 1. The fraction of sp³-hybridized carbons (Fsp3) is 0.0909. The van der Waals surface area contributed by atoms with Crippen LogP contribution in [-0.4, -0.2) is 28.0 Å². The summed E-state index contributed by atoms with van der Waals surface area (Å²) in [5.41, 5.74) is 2.14. The highest BCUT2D eigenvalue weighted by Crippen LogP contribution is 2.32. The Morgan fingerprint density at radius 2 is 1.73 bits per heavy atom. The first-order valence-electron chi connectivity index (χ1n) is 13.7. The van der Waals surface area contributed by atoms with Crippen LogP contribution < -0.4 is 16.0 Å². The molecule has 0 spiro atoms. The summed E-state index contributed by atoms with van der Waals surface area (Å²) in [6.45, 7) is 1.94. The molecule has 0 radical (unpaired) electrons. The van der Waals surface area contributed by atoms with Gasteiger partial charge in [0.05, 0.1) is 25.9 Å². The zero-order valence-corrected chi connectivity index (χ0v) is 27.7. The molecule has 3 N–H and O–H groups in total. The fourth-order valence-corrected chi connectivity index (χ4v) is 6.97. The van der Waals surface area contributed by atoms with Crippen molar-refractivity contribution >= 4 is 92.3 Å². The van der Waals surface area contributed by atoms with Crippen molar-refractivity contribution in [3.8, 4) is 10.6 Å². The number of benzene rings is 3. The summed E-state index contributed by atoms with van der Waals surface area (Å²) < 4.78 is 0. The van der Waals surface area contributed by atoms with Gasteiger partial charge in [0, 0.05) is 21.5 Å². The summed E-state index contributed by atoms with van der Waals surface area (Å²) in [6.07, 6.45) is 2.05. The average Bonchev–Trinajstić information content (AvgIpc) is 3.75. The highest BCUT2D eigenvalue weighted by atomic mass is 35.5. The Labute approximate surface area is 282 Å². The van der Waals surface area contributed by atoms with Crippen molar-refractivity contribution in [3.05, 3.63) is 123 Å². The van der Waals surface area contributed by atoms with E-state index in [2.05, 4.69) is 20.9 Å². The quantitative estimate of drug-likeness (QED) is 0.0947. The number of thioether (sulfide) groups is 1. The molecule has 3 amide bonds. The predicted molar refractivity (Wildman–Crippen MR) is 187 cm³/mol. The van der Waals surface area contributed by atoms with Gasteiger partial charge in [0.1, 0.15) is 5.70 Å². The molecule has 1 unspecified atom stereocenters. The van der Waals surface area contributed by atoms with Gasteiger partial charge in [0.25, 0.3) is 11.8 Å². The molecule has 0 saturated heterocycles. The average molecular weight is 694 g/mol. The Hall–Kier alpha value is -3.93. The molecule has 0 saturated carbocycles. The number of anilines is 2. The number of hydrogen-bond donors (Lipinski definition) is 3. The van der Waals surface area contributed by atoms with E-state index in [0.717, 1.165) is 15.5 Å². The molecule has 12 heteroatoms. The number of hydrogen-bond acceptors (Lipinski definition) is 7. The van der Waals surface area contributed by atoms with Crippen LogP contribution in [0.15, 0.2) is 106 Å². The van der Waals surface area contributed by atoms with Crippen LogP contribution in [0.2, 0.25) is 10.0 Å². The van der Waals surface area contributed by atoms with Crippen LogP contribution >= 0.6 is 57.6 Å². The number of amides is 3. The van der Waals surface area contributed by atoms with E-state index in [-0.39, 0.29) is 16.6 Å². The van der Waals surface area contributed by atoms with E-state index < -0.39 is 17.1 Å². The number of rotatable bonds is 11. The van der Waals surface area contributed by atoms with Gasteiger partial charge >= 0.3 is 0 Å². The van der Waals surface area contributed by atoms with Gasteiger partial charge in [-0.15, -0.1) is 34.4 Å². The summed E-state index contributed by atoms with van der Waals surface area (Å²) >= 11 is 16.9. The highest BCUT2D eigenvalue weighted by molar-refractivity contribution is 8.00. The molecule has 7 nitrogen and oxygen atoms in total. The van der Waals surface area contributed by atoms with Gasteiger partial charge in [-0.3, -0.25) is 14.4 Å². The summed E-state index contributed by atoms with van der Waals surface area (Å²) in [4.78, 5) is 46.0. The number of thiazole rings is 1. The van der Waals surface area contributed by atoms with Crippen LogP contribution in [0.4, 0.5) is 10.8 Å². The number of carbonyl (C=O) groups excluding carboxylic acids is 3. The molecule has 5 rings (SSSR count). The van der Waals surface area contributed by atoms with E-state index in [4.69, 9.17) is 23.2 Å². The van der Waals surface area contributed by atoms with Gasteiger partial charge < -0.3 is 16.0 Å². The van der Waals surface area contributed by atoms with Gasteiger partial charge in [-0.25, -0.2) is 4.98 Å². The van der Waals surface area contributed by atoms with Crippen molar-refractivity contribution in [2.45, 2.75) is 23.5 Å². The van der Waals surface area contributed by atoms with Gasteiger partial charge in [-0.1, -0.05) is 72.6 Å². The molecule has 5 aromatic rings. The second-order valence-corrected chi connectivity index (χ2v) is 13.4. The van der Waals surface area contributed by atoms with E-state index in [1.165, 1.54) is 29.2 Å². The molecule has 0 aliphatic rings. The lowest BCUT2D eigenvalue weighted by Crippen LogP contribution is -2.30. The lowest BCUT2D eigenvalue weighted by molar-refractivity contribution is -0.116. The standard InChI is InChI=1S/C33H26Cl2N4O3S3/c1-2-27(32(42)39-33-38-26(19-44-33)28-15-8-16-43-28)45-23-13-7-12-22(18-23)36-31(41)25(17-21-11-6-14-24(34)29(21)35)37-30(40)20-9-4-3-5-10-20/h3-19,27H,2H2,1H3,(H,36,41)(H,37,40)(H,38,39,42)/b25-17+. The molecule has 228 valence electrons. The van der Waals surface area contributed by atoms with Crippen molar-refractivity contribution in [2.24, 2.45) is 0 Å². The number of thiophene rings is 1. The second kappa shape index (κ2) is 15.4. The Morgan fingerprint density at radius 3 is 2.49 bits per heavy atom. The monoisotopic (exact) mass is 692 g/mol. The maximum Gasteiger partial charge on any atom is 0.272 e. The maximum atomic E-state index is 13.5. The SMILES string of the molecule is CCC(Sc1cccc(NC(=O)/C(=C\c2cccc(Cl)c2Cl)NC(=O)c2ccccc2)c1)C(=O)Nc1nc(-c2cccs2)cs1. The normalized spacial score (nSPS) is 11.9. The van der Waals surface area contributed by atoms with Gasteiger partial charge in [0.15, 0.2) is 5.13 Å². The van der Waals surface area contributed by atoms with Crippen LogP contribution in [0.5, 0.6) is 0 Å². The third-order valence-electron chi connectivity index (χ3n) is 6.35. The van der Waals surface area contributed by atoms with Crippen LogP contribution in [0.1, 0.15) is 29.3 Å². The summed E-state index contributed by atoms with van der Waals surface area (Å²) in [5, 5.41) is 13.1. The zero-order chi connectivity index (χ0) is 31.8. The van der Waals surface area contributed by atoms with Crippen molar-refractivity contribution in [3.63, 3.8) is 0 Å². The minimum absolute atomic E-state index is 0.0257. The molecule has 1 atom stereocenters. The second-order valence-electron chi connectivity index (χ2n) is 9.52. The predicted octanol–water partition coefficient (Wildman–Crippen LogP) is 9.10. The Kier molecular flexibility index (Phi) is 11.1. The van der Waals surface area contributed by atoms with Gasteiger partial charge in [0.2, 0.25) is 5.91 Å². The molecule has 2 heterocycles. The lowest BCUT2D eigenvalue weighted by Gasteiger charge is -2.15. The number of aromatic nitrogens is 1. The molecule has 0 aliphatic heterocycles. The minimum atomic E-state index is -0.562. The summed E-state index contributed by atoms with van der Waals surface area (Å²) in [5.74, 6) is -1.18. The van der Waals surface area contributed by atoms with Crippen LogP contribution in [-0.2, 0) is 9.59 Å².